The van der Waals surface area contributed by atoms with Crippen LogP contribution >= 0.6 is 23.2 Å². The topological polar surface area (TPSA) is 30.7 Å². The van der Waals surface area contributed by atoms with Gasteiger partial charge in [-0.3, -0.25) is 0 Å². The Morgan fingerprint density at radius 2 is 2.05 bits per heavy atom. The summed E-state index contributed by atoms with van der Waals surface area (Å²) in [6, 6.07) is 1.64. The van der Waals surface area contributed by atoms with Crippen LogP contribution in [-0.2, 0) is 13.0 Å². The van der Waals surface area contributed by atoms with Crippen LogP contribution in [0.2, 0.25) is 5.02 Å². The van der Waals surface area contributed by atoms with Crippen LogP contribution in [0.3, 0.4) is 0 Å². The highest BCUT2D eigenvalue weighted by molar-refractivity contribution is 6.31. The third-order valence-corrected chi connectivity index (χ3v) is 3.19. The first-order valence-electron chi connectivity index (χ1n) is 6.04. The minimum atomic E-state index is -4.15. The monoisotopic (exact) mass is 325 g/mol. The normalized spacial score (nSPS) is 12.2. The SMILES string of the molecule is FC(F)(F)CCCn1c(CCCl)nc2cc(Cl)cnc21. The van der Waals surface area contributed by atoms with Crippen molar-refractivity contribution in [1.29, 1.82) is 0 Å². The second-order valence-corrected chi connectivity index (χ2v) is 5.15. The van der Waals surface area contributed by atoms with E-state index in [1.807, 2.05) is 0 Å². The molecule has 0 aliphatic carbocycles. The number of aromatic nitrogens is 3. The van der Waals surface area contributed by atoms with Crippen LogP contribution < -0.4 is 0 Å². The van der Waals surface area contributed by atoms with Gasteiger partial charge in [-0.1, -0.05) is 11.6 Å². The molecular weight excluding hydrogens is 314 g/mol. The number of nitrogens with zero attached hydrogens (tertiary/aromatic N) is 3. The standard InChI is InChI=1S/C12H12Cl2F3N3/c13-4-2-10-19-9-6-8(14)7-18-11(9)20(10)5-1-3-12(15,16)17/h6-7H,1-5H2. The number of pyridine rings is 1. The molecular formula is C12H12Cl2F3N3. The second kappa shape index (κ2) is 6.18. The Bertz CT molecular complexity index is 595. The van der Waals surface area contributed by atoms with Crippen molar-refractivity contribution in [3.63, 3.8) is 0 Å². The van der Waals surface area contributed by atoms with Crippen LogP contribution in [0.25, 0.3) is 11.2 Å². The van der Waals surface area contributed by atoms with Gasteiger partial charge in [0.05, 0.1) is 5.02 Å². The van der Waals surface area contributed by atoms with E-state index in [1.54, 1.807) is 10.6 Å². The van der Waals surface area contributed by atoms with E-state index in [1.165, 1.54) is 6.20 Å². The molecule has 0 spiro atoms. The van der Waals surface area contributed by atoms with E-state index in [9.17, 15) is 13.2 Å². The Balaban J connectivity index is 2.26. The molecule has 0 bridgehead atoms. The average molecular weight is 326 g/mol. The van der Waals surface area contributed by atoms with Crippen molar-refractivity contribution >= 4 is 34.4 Å². The Labute approximate surface area is 123 Å². The summed E-state index contributed by atoms with van der Waals surface area (Å²) in [4.78, 5) is 8.47. The second-order valence-electron chi connectivity index (χ2n) is 4.33. The zero-order chi connectivity index (χ0) is 14.8. The van der Waals surface area contributed by atoms with Crippen molar-refractivity contribution in [2.75, 3.05) is 5.88 Å². The van der Waals surface area contributed by atoms with E-state index >= 15 is 0 Å². The molecule has 0 aliphatic heterocycles. The molecule has 0 aliphatic rings. The number of hydrogen-bond acceptors (Lipinski definition) is 2. The first-order chi connectivity index (χ1) is 9.40. The summed E-state index contributed by atoms with van der Waals surface area (Å²) < 4.78 is 38.3. The molecule has 3 nitrogen and oxygen atoms in total. The number of hydrogen-bond donors (Lipinski definition) is 0. The Morgan fingerprint density at radius 3 is 2.70 bits per heavy atom. The molecule has 8 heteroatoms. The predicted octanol–water partition coefficient (Wildman–Crippen LogP) is 4.21. The molecule has 0 amide bonds. The van der Waals surface area contributed by atoms with Crippen LogP contribution in [-0.4, -0.2) is 26.6 Å². The van der Waals surface area contributed by atoms with Crippen molar-refractivity contribution in [2.45, 2.75) is 32.0 Å². The van der Waals surface area contributed by atoms with Crippen LogP contribution in [0.15, 0.2) is 12.3 Å². The van der Waals surface area contributed by atoms with E-state index < -0.39 is 12.6 Å². The number of fused-ring (bicyclic) bond motifs is 1. The van der Waals surface area contributed by atoms with Crippen LogP contribution in [0.4, 0.5) is 13.2 Å². The molecule has 0 fully saturated rings. The molecule has 0 N–H and O–H groups in total. The molecule has 2 heterocycles. The van der Waals surface area contributed by atoms with Gasteiger partial charge in [0.15, 0.2) is 5.65 Å². The molecule has 2 aromatic heterocycles. The zero-order valence-corrected chi connectivity index (χ0v) is 11.9. The first-order valence-corrected chi connectivity index (χ1v) is 6.95. The van der Waals surface area contributed by atoms with Crippen molar-refractivity contribution in [3.8, 4) is 0 Å². The highest BCUT2D eigenvalue weighted by atomic mass is 35.5. The number of rotatable bonds is 5. The fourth-order valence-electron chi connectivity index (χ4n) is 1.98. The van der Waals surface area contributed by atoms with E-state index in [0.717, 1.165) is 0 Å². The van der Waals surface area contributed by atoms with E-state index in [-0.39, 0.29) is 13.0 Å². The summed E-state index contributed by atoms with van der Waals surface area (Å²) in [5.74, 6) is 0.975. The van der Waals surface area contributed by atoms with Crippen molar-refractivity contribution < 1.29 is 13.2 Å². The maximum Gasteiger partial charge on any atom is 0.389 e. The molecule has 20 heavy (non-hydrogen) atoms. The fraction of sp³-hybridized carbons (Fsp3) is 0.500. The Kier molecular flexibility index (Phi) is 4.75. The van der Waals surface area contributed by atoms with Gasteiger partial charge in [-0.2, -0.15) is 13.2 Å². The van der Waals surface area contributed by atoms with Gasteiger partial charge in [-0.05, 0) is 12.5 Å². The summed E-state index contributed by atoms with van der Waals surface area (Å²) in [5.41, 5.74) is 1.11. The van der Waals surface area contributed by atoms with Gasteiger partial charge in [0, 0.05) is 31.5 Å². The summed E-state index contributed by atoms with van der Waals surface area (Å²) >= 11 is 11.5. The van der Waals surface area contributed by atoms with Crippen molar-refractivity contribution in [3.05, 3.63) is 23.1 Å². The lowest BCUT2D eigenvalue weighted by Gasteiger charge is -2.09. The number of imidazole rings is 1. The van der Waals surface area contributed by atoms with Crippen molar-refractivity contribution in [1.82, 2.24) is 14.5 Å². The van der Waals surface area contributed by atoms with Gasteiger partial charge in [0.1, 0.15) is 11.3 Å². The maximum absolute atomic E-state index is 12.2. The summed E-state index contributed by atoms with van der Waals surface area (Å²) in [6.07, 6.45) is -3.08. The molecule has 2 aromatic rings. The largest absolute Gasteiger partial charge is 0.389 e. The Morgan fingerprint density at radius 1 is 1.30 bits per heavy atom. The van der Waals surface area contributed by atoms with Crippen LogP contribution in [0, 0.1) is 0 Å². The number of halogens is 5. The molecule has 0 atom stereocenters. The predicted molar refractivity (Wildman–Crippen MR) is 72.3 cm³/mol. The number of alkyl halides is 4. The maximum atomic E-state index is 12.2. The van der Waals surface area contributed by atoms with Crippen molar-refractivity contribution in [2.24, 2.45) is 0 Å². The molecule has 0 aromatic carbocycles. The third kappa shape index (κ3) is 3.76. The summed E-state index contributed by atoms with van der Waals surface area (Å²) in [7, 11) is 0. The van der Waals surface area contributed by atoms with Gasteiger partial charge in [0.2, 0.25) is 0 Å². The fourth-order valence-corrected chi connectivity index (χ4v) is 2.30. The highest BCUT2D eigenvalue weighted by Gasteiger charge is 2.26. The molecule has 0 saturated heterocycles. The molecule has 2 rings (SSSR count). The third-order valence-electron chi connectivity index (χ3n) is 2.79. The van der Waals surface area contributed by atoms with E-state index in [0.29, 0.717) is 34.3 Å². The minimum Gasteiger partial charge on any atom is -0.313 e. The van der Waals surface area contributed by atoms with E-state index in [4.69, 9.17) is 23.2 Å². The lowest BCUT2D eigenvalue weighted by Crippen LogP contribution is -2.11. The van der Waals surface area contributed by atoms with Gasteiger partial charge >= 0.3 is 6.18 Å². The minimum absolute atomic E-state index is 0.0193. The molecule has 110 valence electrons. The van der Waals surface area contributed by atoms with Gasteiger partial charge < -0.3 is 4.57 Å². The van der Waals surface area contributed by atoms with Gasteiger partial charge in [0.25, 0.3) is 0 Å². The first kappa shape index (κ1) is 15.4. The Hall–Kier alpha value is -1.01. The summed E-state index contributed by atoms with van der Waals surface area (Å²) in [6.45, 7) is 0.205. The lowest BCUT2D eigenvalue weighted by molar-refractivity contribution is -0.135. The molecule has 0 radical (unpaired) electrons. The number of aryl methyl sites for hydroxylation is 2. The zero-order valence-electron chi connectivity index (χ0n) is 10.4. The quantitative estimate of drug-likeness (QED) is 0.771. The van der Waals surface area contributed by atoms with Gasteiger partial charge in [-0.15, -0.1) is 11.6 Å². The van der Waals surface area contributed by atoms with Crippen LogP contribution in [0.5, 0.6) is 0 Å². The lowest BCUT2D eigenvalue weighted by atomic mass is 10.3. The van der Waals surface area contributed by atoms with E-state index in [2.05, 4.69) is 9.97 Å². The molecule has 0 saturated carbocycles. The average Bonchev–Trinajstić information content (AvgIpc) is 2.65. The molecule has 0 unspecified atom stereocenters. The van der Waals surface area contributed by atoms with Gasteiger partial charge in [-0.25, -0.2) is 9.97 Å². The highest BCUT2D eigenvalue weighted by Crippen LogP contribution is 2.24. The summed E-state index contributed by atoms with van der Waals surface area (Å²) in [5, 5.41) is 0.440. The van der Waals surface area contributed by atoms with Crippen LogP contribution in [0.1, 0.15) is 18.7 Å². The smallest absolute Gasteiger partial charge is 0.313 e.